The van der Waals surface area contributed by atoms with E-state index in [4.69, 9.17) is 4.74 Å². The molecule has 0 amide bonds. The number of nitro benzene ring substituents is 1. The van der Waals surface area contributed by atoms with Crippen LogP contribution in [0.15, 0.2) is 18.2 Å². The molecular formula is C13H20N2O4. The van der Waals surface area contributed by atoms with Crippen LogP contribution in [0.25, 0.3) is 0 Å². The minimum Gasteiger partial charge on any atom is -0.495 e. The Morgan fingerprint density at radius 1 is 1.53 bits per heavy atom. The summed E-state index contributed by atoms with van der Waals surface area (Å²) in [5, 5.41) is 23.2. The number of nitrogens with zero attached hydrogens (tertiary/aromatic N) is 1. The summed E-state index contributed by atoms with van der Waals surface area (Å²) < 4.78 is 5.16. The van der Waals surface area contributed by atoms with Crippen molar-refractivity contribution in [3.8, 4) is 5.75 Å². The van der Waals surface area contributed by atoms with Gasteiger partial charge in [-0.3, -0.25) is 10.1 Å². The lowest BCUT2D eigenvalue weighted by Crippen LogP contribution is -2.29. The fourth-order valence-corrected chi connectivity index (χ4v) is 1.55. The largest absolute Gasteiger partial charge is 0.495 e. The molecule has 0 radical (unpaired) electrons. The van der Waals surface area contributed by atoms with Crippen LogP contribution in [0.5, 0.6) is 5.75 Å². The number of rotatable bonds is 7. The zero-order valence-corrected chi connectivity index (χ0v) is 11.5. The molecule has 19 heavy (non-hydrogen) atoms. The van der Waals surface area contributed by atoms with Gasteiger partial charge < -0.3 is 15.2 Å². The van der Waals surface area contributed by atoms with Crippen molar-refractivity contribution >= 4 is 11.4 Å². The second kappa shape index (κ2) is 6.38. The highest BCUT2D eigenvalue weighted by Gasteiger charge is 2.21. The molecule has 106 valence electrons. The topological polar surface area (TPSA) is 84.6 Å². The van der Waals surface area contributed by atoms with Gasteiger partial charge in [0.25, 0.3) is 5.69 Å². The lowest BCUT2D eigenvalue weighted by molar-refractivity contribution is -0.384. The van der Waals surface area contributed by atoms with Crippen LogP contribution in [0, 0.1) is 15.5 Å². The number of benzene rings is 1. The van der Waals surface area contributed by atoms with Gasteiger partial charge in [-0.1, -0.05) is 13.8 Å². The molecule has 0 saturated heterocycles. The molecular weight excluding hydrogens is 248 g/mol. The van der Waals surface area contributed by atoms with Gasteiger partial charge in [-0.2, -0.15) is 0 Å². The third-order valence-electron chi connectivity index (χ3n) is 3.33. The van der Waals surface area contributed by atoms with Gasteiger partial charge in [-0.05, 0) is 12.5 Å². The second-order valence-corrected chi connectivity index (χ2v) is 4.82. The van der Waals surface area contributed by atoms with Crippen molar-refractivity contribution in [2.24, 2.45) is 5.41 Å². The van der Waals surface area contributed by atoms with Crippen molar-refractivity contribution in [2.45, 2.75) is 20.3 Å². The van der Waals surface area contributed by atoms with Crippen molar-refractivity contribution in [3.63, 3.8) is 0 Å². The molecule has 0 fully saturated rings. The second-order valence-electron chi connectivity index (χ2n) is 4.82. The Morgan fingerprint density at radius 2 is 2.21 bits per heavy atom. The van der Waals surface area contributed by atoms with Gasteiger partial charge in [0.1, 0.15) is 5.75 Å². The maximum absolute atomic E-state index is 10.8. The smallest absolute Gasteiger partial charge is 0.271 e. The van der Waals surface area contributed by atoms with Crippen LogP contribution in [0.4, 0.5) is 11.4 Å². The number of aliphatic hydroxyl groups excluding tert-OH is 1. The predicted molar refractivity (Wildman–Crippen MR) is 73.6 cm³/mol. The Bertz CT molecular complexity index is 444. The van der Waals surface area contributed by atoms with E-state index in [1.165, 1.54) is 19.2 Å². The van der Waals surface area contributed by atoms with Crippen molar-refractivity contribution in [1.82, 2.24) is 0 Å². The van der Waals surface area contributed by atoms with Gasteiger partial charge in [-0.25, -0.2) is 0 Å². The van der Waals surface area contributed by atoms with Crippen LogP contribution in [0.2, 0.25) is 0 Å². The normalized spacial score (nSPS) is 13.7. The summed E-state index contributed by atoms with van der Waals surface area (Å²) >= 11 is 0. The maximum atomic E-state index is 10.8. The standard InChI is InChI=1S/C13H20N2O4/c1-4-13(2,9-16)8-14-11-7-10(15(17)18)5-6-12(11)19-3/h5-7,14,16H,4,8-9H2,1-3H3. The molecule has 0 aromatic heterocycles. The summed E-state index contributed by atoms with van der Waals surface area (Å²) in [5.41, 5.74) is 0.297. The molecule has 0 aliphatic rings. The maximum Gasteiger partial charge on any atom is 0.271 e. The van der Waals surface area contributed by atoms with Gasteiger partial charge in [0.05, 0.1) is 24.3 Å². The number of non-ortho nitro benzene ring substituents is 1. The van der Waals surface area contributed by atoms with E-state index in [1.807, 2.05) is 13.8 Å². The zero-order chi connectivity index (χ0) is 14.5. The zero-order valence-electron chi connectivity index (χ0n) is 11.5. The van der Waals surface area contributed by atoms with Crippen molar-refractivity contribution in [2.75, 3.05) is 25.6 Å². The van der Waals surface area contributed by atoms with E-state index in [0.29, 0.717) is 18.0 Å². The number of nitrogens with one attached hydrogen (secondary N) is 1. The van der Waals surface area contributed by atoms with Gasteiger partial charge in [0.2, 0.25) is 0 Å². The van der Waals surface area contributed by atoms with Crippen molar-refractivity contribution in [3.05, 3.63) is 28.3 Å². The van der Waals surface area contributed by atoms with Crippen molar-refractivity contribution in [1.29, 1.82) is 0 Å². The Labute approximate surface area is 112 Å². The molecule has 0 aliphatic carbocycles. The molecule has 0 heterocycles. The highest BCUT2D eigenvalue weighted by atomic mass is 16.6. The Balaban J connectivity index is 2.92. The van der Waals surface area contributed by atoms with E-state index in [-0.39, 0.29) is 17.7 Å². The van der Waals surface area contributed by atoms with Crippen LogP contribution in [0.1, 0.15) is 20.3 Å². The van der Waals surface area contributed by atoms with Crippen LogP contribution in [-0.4, -0.2) is 30.3 Å². The Kier molecular flexibility index (Phi) is 5.11. The molecule has 0 saturated carbocycles. The Hall–Kier alpha value is -1.82. The van der Waals surface area contributed by atoms with E-state index in [9.17, 15) is 15.2 Å². The Morgan fingerprint density at radius 3 is 2.68 bits per heavy atom. The molecule has 1 rings (SSSR count). The van der Waals surface area contributed by atoms with E-state index in [1.54, 1.807) is 6.07 Å². The minimum atomic E-state index is -0.449. The number of ether oxygens (including phenoxy) is 1. The van der Waals surface area contributed by atoms with Gasteiger partial charge in [0, 0.05) is 24.1 Å². The molecule has 1 unspecified atom stereocenters. The number of nitro groups is 1. The summed E-state index contributed by atoms with van der Waals surface area (Å²) in [6.07, 6.45) is 0.799. The lowest BCUT2D eigenvalue weighted by Gasteiger charge is -2.26. The molecule has 6 nitrogen and oxygen atoms in total. The summed E-state index contributed by atoms with van der Waals surface area (Å²) in [7, 11) is 1.51. The SMILES string of the molecule is CCC(C)(CO)CNc1cc([N+](=O)[O-])ccc1OC. The van der Waals surface area contributed by atoms with E-state index in [2.05, 4.69) is 5.32 Å². The highest BCUT2D eigenvalue weighted by Crippen LogP contribution is 2.30. The van der Waals surface area contributed by atoms with Crippen LogP contribution in [0.3, 0.4) is 0 Å². The third-order valence-corrected chi connectivity index (χ3v) is 3.33. The van der Waals surface area contributed by atoms with Gasteiger partial charge in [-0.15, -0.1) is 0 Å². The molecule has 1 aromatic rings. The van der Waals surface area contributed by atoms with E-state index in [0.717, 1.165) is 6.42 Å². The summed E-state index contributed by atoms with van der Waals surface area (Å²) in [4.78, 5) is 10.3. The lowest BCUT2D eigenvalue weighted by atomic mass is 9.88. The average Bonchev–Trinajstić information content (AvgIpc) is 2.44. The molecule has 2 N–H and O–H groups in total. The summed E-state index contributed by atoms with van der Waals surface area (Å²) in [6, 6.07) is 4.39. The number of hydrogen-bond acceptors (Lipinski definition) is 5. The summed E-state index contributed by atoms with van der Waals surface area (Å²) in [6.45, 7) is 4.50. The average molecular weight is 268 g/mol. The van der Waals surface area contributed by atoms with Crippen molar-refractivity contribution < 1.29 is 14.8 Å². The van der Waals surface area contributed by atoms with Crippen LogP contribution >= 0.6 is 0 Å². The molecule has 1 atom stereocenters. The highest BCUT2D eigenvalue weighted by molar-refractivity contribution is 5.61. The monoisotopic (exact) mass is 268 g/mol. The first kappa shape index (κ1) is 15.2. The minimum absolute atomic E-state index is 0.00509. The fourth-order valence-electron chi connectivity index (χ4n) is 1.55. The van der Waals surface area contributed by atoms with Gasteiger partial charge in [0.15, 0.2) is 0 Å². The number of methoxy groups -OCH3 is 1. The molecule has 1 aromatic carbocycles. The first-order chi connectivity index (χ1) is 8.95. The molecule has 0 bridgehead atoms. The number of aliphatic hydroxyl groups is 1. The third kappa shape index (κ3) is 3.82. The van der Waals surface area contributed by atoms with E-state index < -0.39 is 4.92 Å². The number of anilines is 1. The van der Waals surface area contributed by atoms with Crippen LogP contribution < -0.4 is 10.1 Å². The first-order valence-electron chi connectivity index (χ1n) is 6.13. The predicted octanol–water partition coefficient (Wildman–Crippen LogP) is 2.42. The molecule has 0 spiro atoms. The summed E-state index contributed by atoms with van der Waals surface area (Å²) in [5.74, 6) is 0.544. The first-order valence-corrected chi connectivity index (χ1v) is 6.13. The van der Waals surface area contributed by atoms with Crippen LogP contribution in [-0.2, 0) is 0 Å². The molecule has 0 aliphatic heterocycles. The van der Waals surface area contributed by atoms with E-state index >= 15 is 0 Å². The molecule has 6 heteroatoms. The number of hydrogen-bond donors (Lipinski definition) is 2. The quantitative estimate of drug-likeness (QED) is 0.586. The van der Waals surface area contributed by atoms with Gasteiger partial charge >= 0.3 is 0 Å². The fraction of sp³-hybridized carbons (Fsp3) is 0.538.